The van der Waals surface area contributed by atoms with Gasteiger partial charge < -0.3 is 14.4 Å². The molecule has 1 heterocycles. The van der Waals surface area contributed by atoms with Crippen LogP contribution in [0.4, 0.5) is 0 Å². The summed E-state index contributed by atoms with van der Waals surface area (Å²) in [5, 5.41) is 0. The maximum Gasteiger partial charge on any atom is 0.253 e. The minimum absolute atomic E-state index is 0.0411. The van der Waals surface area contributed by atoms with E-state index in [2.05, 4.69) is 0 Å². The predicted octanol–water partition coefficient (Wildman–Crippen LogP) is 0.226. The van der Waals surface area contributed by atoms with E-state index in [9.17, 15) is 4.79 Å². The number of amides is 1. The van der Waals surface area contributed by atoms with E-state index in [4.69, 9.17) is 9.47 Å². The largest absolute Gasteiger partial charge is 0.347 e. The van der Waals surface area contributed by atoms with E-state index in [1.807, 2.05) is 0 Å². The van der Waals surface area contributed by atoms with Gasteiger partial charge in [-0.1, -0.05) is 0 Å². The first-order chi connectivity index (χ1) is 5.42. The van der Waals surface area contributed by atoms with Crippen LogP contribution in [0.2, 0.25) is 0 Å². The number of hydrogen-bond donors (Lipinski definition) is 0. The van der Waals surface area contributed by atoms with Crippen molar-refractivity contribution in [3.05, 3.63) is 0 Å². The highest BCUT2D eigenvalue weighted by atomic mass is 16.7. The molecular formula is C8H15NO3. The zero-order chi connectivity index (χ0) is 9.35. The molecule has 1 rings (SSSR count). The molecule has 0 spiro atoms. The van der Waals surface area contributed by atoms with Gasteiger partial charge in [0.05, 0.1) is 6.61 Å². The van der Waals surface area contributed by atoms with Crippen LogP contribution in [-0.4, -0.2) is 43.4 Å². The monoisotopic (exact) mass is 173 g/mol. The van der Waals surface area contributed by atoms with E-state index in [0.717, 1.165) is 0 Å². The van der Waals surface area contributed by atoms with Crippen LogP contribution in [0.1, 0.15) is 13.8 Å². The highest BCUT2D eigenvalue weighted by Gasteiger charge is 2.37. The summed E-state index contributed by atoms with van der Waals surface area (Å²) >= 11 is 0. The van der Waals surface area contributed by atoms with Crippen LogP contribution < -0.4 is 0 Å². The van der Waals surface area contributed by atoms with Crippen LogP contribution in [-0.2, 0) is 14.3 Å². The van der Waals surface area contributed by atoms with Crippen molar-refractivity contribution in [2.45, 2.75) is 25.7 Å². The average molecular weight is 173 g/mol. The molecule has 0 aromatic heterocycles. The Labute approximate surface area is 72.4 Å². The molecule has 4 nitrogen and oxygen atoms in total. The fraction of sp³-hybridized carbons (Fsp3) is 0.875. The molecule has 0 aliphatic carbocycles. The standard InChI is InChI=1S/C8H15NO3/c1-8(2)11-5-6(12-8)7(10)9(3)4/h6H,5H2,1-4H3/t6-/m1/s1. The number of rotatable bonds is 1. The summed E-state index contributed by atoms with van der Waals surface area (Å²) in [6.45, 7) is 3.95. The molecule has 1 fully saturated rings. The molecule has 0 bridgehead atoms. The fourth-order valence-corrected chi connectivity index (χ4v) is 1.10. The molecule has 70 valence electrons. The molecule has 0 aromatic rings. The van der Waals surface area contributed by atoms with Crippen LogP contribution in [0.5, 0.6) is 0 Å². The molecular weight excluding hydrogens is 158 g/mol. The van der Waals surface area contributed by atoms with E-state index in [-0.39, 0.29) is 5.91 Å². The Bertz CT molecular complexity index is 189. The van der Waals surface area contributed by atoms with Crippen LogP contribution in [0.15, 0.2) is 0 Å². The predicted molar refractivity (Wildman–Crippen MR) is 43.6 cm³/mol. The summed E-state index contributed by atoms with van der Waals surface area (Å²) in [5.41, 5.74) is 0. The van der Waals surface area contributed by atoms with E-state index >= 15 is 0 Å². The molecule has 1 aliphatic rings. The Morgan fingerprint density at radius 2 is 2.08 bits per heavy atom. The second kappa shape index (κ2) is 3.03. The first-order valence-electron chi connectivity index (χ1n) is 3.95. The average Bonchev–Trinajstić information content (AvgIpc) is 2.28. The van der Waals surface area contributed by atoms with Gasteiger partial charge in [0.25, 0.3) is 5.91 Å². The van der Waals surface area contributed by atoms with Gasteiger partial charge in [0.2, 0.25) is 0 Å². The van der Waals surface area contributed by atoms with Gasteiger partial charge >= 0.3 is 0 Å². The molecule has 0 N–H and O–H groups in total. The maximum absolute atomic E-state index is 11.4. The summed E-state index contributed by atoms with van der Waals surface area (Å²) in [7, 11) is 3.41. The number of hydrogen-bond acceptors (Lipinski definition) is 3. The van der Waals surface area contributed by atoms with Gasteiger partial charge in [-0.05, 0) is 13.8 Å². The van der Waals surface area contributed by atoms with Gasteiger partial charge in [-0.25, -0.2) is 0 Å². The zero-order valence-electron chi connectivity index (χ0n) is 7.96. The molecule has 1 aliphatic heterocycles. The summed E-state index contributed by atoms with van der Waals surface area (Å²) in [4.78, 5) is 12.9. The minimum Gasteiger partial charge on any atom is -0.347 e. The van der Waals surface area contributed by atoms with Gasteiger partial charge in [0.1, 0.15) is 0 Å². The quantitative estimate of drug-likeness (QED) is 0.569. The Balaban J connectivity index is 2.53. The molecule has 1 amide bonds. The van der Waals surface area contributed by atoms with Crippen molar-refractivity contribution in [3.8, 4) is 0 Å². The third-order valence-corrected chi connectivity index (χ3v) is 1.72. The Morgan fingerprint density at radius 3 is 2.42 bits per heavy atom. The van der Waals surface area contributed by atoms with E-state index < -0.39 is 11.9 Å². The molecule has 1 saturated heterocycles. The molecule has 0 unspecified atom stereocenters. The number of ether oxygens (including phenoxy) is 2. The van der Waals surface area contributed by atoms with Crippen molar-refractivity contribution in [1.82, 2.24) is 4.90 Å². The summed E-state index contributed by atoms with van der Waals surface area (Å²) in [5.74, 6) is -0.656. The Morgan fingerprint density at radius 1 is 1.50 bits per heavy atom. The third kappa shape index (κ3) is 1.95. The van der Waals surface area contributed by atoms with Crippen molar-refractivity contribution < 1.29 is 14.3 Å². The highest BCUT2D eigenvalue weighted by Crippen LogP contribution is 2.22. The van der Waals surface area contributed by atoms with E-state index in [1.165, 1.54) is 4.90 Å². The first-order valence-corrected chi connectivity index (χ1v) is 3.95. The Kier molecular flexibility index (Phi) is 2.39. The van der Waals surface area contributed by atoms with Crippen molar-refractivity contribution in [2.24, 2.45) is 0 Å². The van der Waals surface area contributed by atoms with Crippen LogP contribution in [0.3, 0.4) is 0 Å². The molecule has 1 atom stereocenters. The van der Waals surface area contributed by atoms with Gasteiger partial charge in [-0.2, -0.15) is 0 Å². The van der Waals surface area contributed by atoms with E-state index in [1.54, 1.807) is 27.9 Å². The van der Waals surface area contributed by atoms with Crippen molar-refractivity contribution in [1.29, 1.82) is 0 Å². The second-order valence-corrected chi connectivity index (χ2v) is 3.55. The van der Waals surface area contributed by atoms with Crippen molar-refractivity contribution >= 4 is 5.91 Å². The maximum atomic E-state index is 11.4. The zero-order valence-corrected chi connectivity index (χ0v) is 7.96. The highest BCUT2D eigenvalue weighted by molar-refractivity contribution is 5.80. The van der Waals surface area contributed by atoms with E-state index in [0.29, 0.717) is 6.61 Å². The van der Waals surface area contributed by atoms with Gasteiger partial charge in [0.15, 0.2) is 11.9 Å². The lowest BCUT2D eigenvalue weighted by molar-refractivity contribution is -0.158. The Hall–Kier alpha value is -0.610. The minimum atomic E-state index is -0.615. The van der Waals surface area contributed by atoms with Gasteiger partial charge in [-0.15, -0.1) is 0 Å². The van der Waals surface area contributed by atoms with Gasteiger partial charge in [-0.3, -0.25) is 4.79 Å². The molecule has 0 saturated carbocycles. The summed E-state index contributed by atoms with van der Waals surface area (Å²) in [6.07, 6.45) is -0.435. The molecule has 0 radical (unpaired) electrons. The number of carbonyl (C=O) groups excluding carboxylic acids is 1. The van der Waals surface area contributed by atoms with Crippen LogP contribution >= 0.6 is 0 Å². The van der Waals surface area contributed by atoms with Crippen molar-refractivity contribution in [3.63, 3.8) is 0 Å². The van der Waals surface area contributed by atoms with Crippen LogP contribution in [0.25, 0.3) is 0 Å². The molecule has 4 heteroatoms. The molecule has 0 aromatic carbocycles. The first kappa shape index (κ1) is 9.48. The van der Waals surface area contributed by atoms with Crippen molar-refractivity contribution in [2.75, 3.05) is 20.7 Å². The smallest absolute Gasteiger partial charge is 0.253 e. The fourth-order valence-electron chi connectivity index (χ4n) is 1.10. The van der Waals surface area contributed by atoms with Crippen LogP contribution in [0, 0.1) is 0 Å². The SMILES string of the molecule is CN(C)C(=O)[C@H]1COC(C)(C)O1. The lowest BCUT2D eigenvalue weighted by Gasteiger charge is -2.18. The summed E-state index contributed by atoms with van der Waals surface area (Å²) in [6, 6.07) is 0. The van der Waals surface area contributed by atoms with Gasteiger partial charge in [0, 0.05) is 14.1 Å². The lowest BCUT2D eigenvalue weighted by Crippen LogP contribution is -2.36. The number of likely N-dealkylation sites (N-methyl/N-ethyl adjacent to an activating group) is 1. The lowest BCUT2D eigenvalue weighted by atomic mass is 10.3. The molecule has 12 heavy (non-hydrogen) atoms. The number of carbonyl (C=O) groups is 1. The number of nitrogens with zero attached hydrogens (tertiary/aromatic N) is 1. The third-order valence-electron chi connectivity index (χ3n) is 1.72. The second-order valence-electron chi connectivity index (χ2n) is 3.55. The summed E-state index contributed by atoms with van der Waals surface area (Å²) < 4.78 is 10.6. The normalized spacial score (nSPS) is 27.2. The topological polar surface area (TPSA) is 38.8 Å².